The molecule has 1 fully saturated rings. The summed E-state index contributed by atoms with van der Waals surface area (Å²) in [6.45, 7) is 0.349. The maximum atomic E-state index is 12.5. The van der Waals surface area contributed by atoms with Crippen LogP contribution in [0.1, 0.15) is 49.7 Å². The quantitative estimate of drug-likeness (QED) is 0.776. The molecule has 0 radical (unpaired) electrons. The third kappa shape index (κ3) is 4.75. The van der Waals surface area contributed by atoms with Gasteiger partial charge < -0.3 is 4.90 Å². The zero-order valence-corrected chi connectivity index (χ0v) is 12.8. The van der Waals surface area contributed by atoms with Gasteiger partial charge in [0.15, 0.2) is 0 Å². The molecule has 1 aliphatic carbocycles. The summed E-state index contributed by atoms with van der Waals surface area (Å²) < 4.78 is 37.5. The van der Waals surface area contributed by atoms with Gasteiger partial charge in [-0.05, 0) is 30.0 Å². The van der Waals surface area contributed by atoms with Gasteiger partial charge >= 0.3 is 6.18 Å². The molecule has 0 N–H and O–H groups in total. The standard InChI is InChI=1S/C17H22F3NO/c1-21(16(22)11-8-13-4-2-3-5-13)12-14-6-9-15(10-7-14)17(18,19)20/h6-7,9-10,13H,2-5,8,11-12H2,1H3. The summed E-state index contributed by atoms with van der Waals surface area (Å²) in [4.78, 5) is 13.7. The summed E-state index contributed by atoms with van der Waals surface area (Å²) in [7, 11) is 1.70. The third-order valence-corrected chi connectivity index (χ3v) is 4.37. The molecule has 2 rings (SSSR count). The lowest BCUT2D eigenvalue weighted by atomic mass is 10.0. The topological polar surface area (TPSA) is 20.3 Å². The molecule has 1 aromatic rings. The fourth-order valence-electron chi connectivity index (χ4n) is 2.98. The Kier molecular flexibility index (Phi) is 5.48. The lowest BCUT2D eigenvalue weighted by Crippen LogP contribution is -2.26. The number of hydrogen-bond donors (Lipinski definition) is 0. The van der Waals surface area contributed by atoms with Crippen LogP contribution < -0.4 is 0 Å². The van der Waals surface area contributed by atoms with Crippen LogP contribution >= 0.6 is 0 Å². The summed E-state index contributed by atoms with van der Waals surface area (Å²) in [6, 6.07) is 4.99. The fourth-order valence-corrected chi connectivity index (χ4v) is 2.98. The average molecular weight is 313 g/mol. The highest BCUT2D eigenvalue weighted by Crippen LogP contribution is 2.30. The molecule has 0 bridgehead atoms. The van der Waals surface area contributed by atoms with Crippen LogP contribution in [-0.4, -0.2) is 17.9 Å². The van der Waals surface area contributed by atoms with E-state index in [0.29, 0.717) is 24.4 Å². The van der Waals surface area contributed by atoms with Gasteiger partial charge in [-0.3, -0.25) is 4.79 Å². The van der Waals surface area contributed by atoms with E-state index in [9.17, 15) is 18.0 Å². The Morgan fingerprint density at radius 2 is 1.77 bits per heavy atom. The number of halogens is 3. The number of carbonyl (C=O) groups excluding carboxylic acids is 1. The molecule has 0 spiro atoms. The van der Waals surface area contributed by atoms with E-state index in [1.165, 1.54) is 37.8 Å². The highest BCUT2D eigenvalue weighted by Gasteiger charge is 2.30. The van der Waals surface area contributed by atoms with Crippen LogP contribution in [-0.2, 0) is 17.5 Å². The second-order valence-electron chi connectivity index (χ2n) is 6.13. The molecule has 0 aromatic heterocycles. The Hall–Kier alpha value is -1.52. The molecule has 1 aromatic carbocycles. The minimum absolute atomic E-state index is 0.0618. The van der Waals surface area contributed by atoms with E-state index in [1.807, 2.05) is 0 Å². The predicted octanol–water partition coefficient (Wildman–Crippen LogP) is 4.63. The van der Waals surface area contributed by atoms with E-state index in [1.54, 1.807) is 11.9 Å². The smallest absolute Gasteiger partial charge is 0.341 e. The number of amides is 1. The summed E-state index contributed by atoms with van der Waals surface area (Å²) in [5.74, 6) is 0.732. The maximum Gasteiger partial charge on any atom is 0.416 e. The molecule has 0 saturated heterocycles. The molecule has 0 unspecified atom stereocenters. The van der Waals surface area contributed by atoms with Crippen LogP contribution in [0.4, 0.5) is 13.2 Å². The molecule has 1 amide bonds. The van der Waals surface area contributed by atoms with Crippen molar-refractivity contribution in [1.29, 1.82) is 0 Å². The summed E-state index contributed by atoms with van der Waals surface area (Å²) >= 11 is 0. The van der Waals surface area contributed by atoms with Crippen molar-refractivity contribution < 1.29 is 18.0 Å². The highest BCUT2D eigenvalue weighted by molar-refractivity contribution is 5.75. The van der Waals surface area contributed by atoms with E-state index >= 15 is 0 Å². The van der Waals surface area contributed by atoms with Crippen molar-refractivity contribution in [3.63, 3.8) is 0 Å². The van der Waals surface area contributed by atoms with E-state index in [0.717, 1.165) is 18.6 Å². The van der Waals surface area contributed by atoms with Crippen LogP contribution in [0.2, 0.25) is 0 Å². The van der Waals surface area contributed by atoms with Gasteiger partial charge in [0.05, 0.1) is 5.56 Å². The molecule has 0 aliphatic heterocycles. The number of alkyl halides is 3. The SMILES string of the molecule is CN(Cc1ccc(C(F)(F)F)cc1)C(=O)CCC1CCCC1. The molecule has 0 heterocycles. The number of benzene rings is 1. The molecule has 1 aliphatic rings. The molecule has 122 valence electrons. The van der Waals surface area contributed by atoms with Gasteiger partial charge in [-0.1, -0.05) is 37.8 Å². The molecular weight excluding hydrogens is 291 g/mol. The van der Waals surface area contributed by atoms with E-state index < -0.39 is 11.7 Å². The zero-order chi connectivity index (χ0) is 16.2. The molecule has 2 nitrogen and oxygen atoms in total. The first kappa shape index (κ1) is 16.8. The van der Waals surface area contributed by atoms with Crippen molar-refractivity contribution in [2.75, 3.05) is 7.05 Å². The Labute approximate surface area is 129 Å². The lowest BCUT2D eigenvalue weighted by molar-refractivity contribution is -0.137. The van der Waals surface area contributed by atoms with Crippen LogP contribution in [0.25, 0.3) is 0 Å². The minimum atomic E-state index is -4.32. The van der Waals surface area contributed by atoms with Gasteiger partial charge in [0, 0.05) is 20.0 Å². The monoisotopic (exact) mass is 313 g/mol. The second-order valence-corrected chi connectivity index (χ2v) is 6.13. The first-order valence-corrected chi connectivity index (χ1v) is 7.76. The molecule has 1 saturated carbocycles. The van der Waals surface area contributed by atoms with Crippen LogP contribution in [0.3, 0.4) is 0 Å². The molecular formula is C17H22F3NO. The number of rotatable bonds is 5. The Morgan fingerprint density at radius 1 is 1.18 bits per heavy atom. The number of carbonyl (C=O) groups is 1. The van der Waals surface area contributed by atoms with Gasteiger partial charge in [0.2, 0.25) is 5.91 Å². The van der Waals surface area contributed by atoms with Gasteiger partial charge in [0.25, 0.3) is 0 Å². The predicted molar refractivity (Wildman–Crippen MR) is 79.1 cm³/mol. The van der Waals surface area contributed by atoms with Crippen LogP contribution in [0, 0.1) is 5.92 Å². The van der Waals surface area contributed by atoms with Crippen molar-refractivity contribution in [1.82, 2.24) is 4.90 Å². The first-order valence-electron chi connectivity index (χ1n) is 7.76. The zero-order valence-electron chi connectivity index (χ0n) is 12.8. The van der Waals surface area contributed by atoms with Gasteiger partial charge in [0.1, 0.15) is 0 Å². The Balaban J connectivity index is 1.82. The lowest BCUT2D eigenvalue weighted by Gasteiger charge is -2.19. The third-order valence-electron chi connectivity index (χ3n) is 4.37. The van der Waals surface area contributed by atoms with Crippen LogP contribution in [0.5, 0.6) is 0 Å². The normalized spacial score (nSPS) is 16.0. The van der Waals surface area contributed by atoms with Gasteiger partial charge in [-0.2, -0.15) is 13.2 Å². The second kappa shape index (κ2) is 7.16. The summed E-state index contributed by atoms with van der Waals surface area (Å²) in [6.07, 6.45) is 2.10. The van der Waals surface area contributed by atoms with Crippen molar-refractivity contribution >= 4 is 5.91 Å². The van der Waals surface area contributed by atoms with Gasteiger partial charge in [-0.25, -0.2) is 0 Å². The van der Waals surface area contributed by atoms with E-state index in [4.69, 9.17) is 0 Å². The van der Waals surface area contributed by atoms with E-state index in [2.05, 4.69) is 0 Å². The van der Waals surface area contributed by atoms with Crippen molar-refractivity contribution in [3.05, 3.63) is 35.4 Å². The molecule has 5 heteroatoms. The maximum absolute atomic E-state index is 12.5. The van der Waals surface area contributed by atoms with Crippen molar-refractivity contribution in [2.24, 2.45) is 5.92 Å². The van der Waals surface area contributed by atoms with Crippen molar-refractivity contribution in [3.8, 4) is 0 Å². The Bertz CT molecular complexity index is 490. The van der Waals surface area contributed by atoms with Gasteiger partial charge in [-0.15, -0.1) is 0 Å². The minimum Gasteiger partial charge on any atom is -0.341 e. The number of nitrogens with zero attached hydrogens (tertiary/aromatic N) is 1. The summed E-state index contributed by atoms with van der Waals surface area (Å²) in [5, 5.41) is 0. The largest absolute Gasteiger partial charge is 0.416 e. The molecule has 22 heavy (non-hydrogen) atoms. The number of hydrogen-bond acceptors (Lipinski definition) is 1. The van der Waals surface area contributed by atoms with Crippen molar-refractivity contribution in [2.45, 2.75) is 51.2 Å². The highest BCUT2D eigenvalue weighted by atomic mass is 19.4. The fraction of sp³-hybridized carbons (Fsp3) is 0.588. The van der Waals surface area contributed by atoms with Crippen LogP contribution in [0.15, 0.2) is 24.3 Å². The Morgan fingerprint density at radius 3 is 2.32 bits per heavy atom. The molecule has 0 atom stereocenters. The first-order chi connectivity index (χ1) is 10.4. The van der Waals surface area contributed by atoms with E-state index in [-0.39, 0.29) is 5.91 Å². The average Bonchev–Trinajstić information content (AvgIpc) is 2.97. The summed E-state index contributed by atoms with van der Waals surface area (Å²) in [5.41, 5.74) is 0.0520.